The summed E-state index contributed by atoms with van der Waals surface area (Å²) in [6.45, 7) is 5.09. The Morgan fingerprint density at radius 1 is 1.29 bits per heavy atom. The number of benzene rings is 1. The first-order valence-corrected chi connectivity index (χ1v) is 10.5. The van der Waals surface area contributed by atoms with Crippen LogP contribution >= 0.6 is 11.3 Å². The van der Waals surface area contributed by atoms with Crippen molar-refractivity contribution in [3.63, 3.8) is 0 Å². The minimum absolute atomic E-state index is 0.215. The quantitative estimate of drug-likeness (QED) is 0.592. The van der Waals surface area contributed by atoms with E-state index in [0.29, 0.717) is 30.4 Å². The van der Waals surface area contributed by atoms with Gasteiger partial charge < -0.3 is 19.1 Å². The van der Waals surface area contributed by atoms with Gasteiger partial charge in [0.05, 0.1) is 26.5 Å². The molecule has 7 heteroatoms. The fourth-order valence-corrected chi connectivity index (χ4v) is 3.69. The highest BCUT2D eigenvalue weighted by molar-refractivity contribution is 7.09. The Kier molecular flexibility index (Phi) is 6.78. The Morgan fingerprint density at radius 3 is 2.54 bits per heavy atom. The van der Waals surface area contributed by atoms with Gasteiger partial charge in [-0.3, -0.25) is 4.79 Å². The summed E-state index contributed by atoms with van der Waals surface area (Å²) in [5.41, 5.74) is 0.907. The Balaban J connectivity index is 1.66. The predicted molar refractivity (Wildman–Crippen MR) is 109 cm³/mol. The summed E-state index contributed by atoms with van der Waals surface area (Å²) in [6.07, 6.45) is 2.97. The van der Waals surface area contributed by atoms with Crippen molar-refractivity contribution in [1.82, 2.24) is 9.88 Å². The number of ether oxygens (including phenoxy) is 3. The Labute approximate surface area is 170 Å². The third-order valence-corrected chi connectivity index (χ3v) is 5.86. The minimum Gasteiger partial charge on any atom is -0.493 e. The second kappa shape index (κ2) is 9.28. The van der Waals surface area contributed by atoms with Crippen LogP contribution in [0.3, 0.4) is 0 Å². The van der Waals surface area contributed by atoms with Crippen LogP contribution in [0.1, 0.15) is 43.8 Å². The first kappa shape index (κ1) is 20.5. The second-order valence-electron chi connectivity index (χ2n) is 7.01. The number of aromatic nitrogens is 1. The fourth-order valence-electron chi connectivity index (χ4n) is 2.99. The van der Waals surface area contributed by atoms with Crippen molar-refractivity contribution in [1.29, 1.82) is 0 Å². The average Bonchev–Trinajstić information content (AvgIpc) is 3.48. The molecule has 0 N–H and O–H groups in total. The molecule has 2 aromatic rings. The van der Waals surface area contributed by atoms with Crippen molar-refractivity contribution in [2.24, 2.45) is 5.92 Å². The van der Waals surface area contributed by atoms with Crippen molar-refractivity contribution in [2.75, 3.05) is 14.2 Å². The summed E-state index contributed by atoms with van der Waals surface area (Å²) in [5.74, 6) is 2.28. The van der Waals surface area contributed by atoms with Crippen molar-refractivity contribution < 1.29 is 19.0 Å². The van der Waals surface area contributed by atoms with Crippen LogP contribution in [0, 0.1) is 5.92 Å². The van der Waals surface area contributed by atoms with Gasteiger partial charge in [0.25, 0.3) is 0 Å². The number of hydrogen-bond donors (Lipinski definition) is 0. The van der Waals surface area contributed by atoms with E-state index in [2.05, 4.69) is 18.8 Å². The number of carbonyl (C=O) groups is 1. The minimum atomic E-state index is 0.215. The number of amides is 1. The van der Waals surface area contributed by atoms with Gasteiger partial charge in [-0.25, -0.2) is 4.98 Å². The number of rotatable bonds is 10. The van der Waals surface area contributed by atoms with Crippen molar-refractivity contribution in [3.05, 3.63) is 34.3 Å². The molecule has 28 heavy (non-hydrogen) atoms. The van der Waals surface area contributed by atoms with Crippen LogP contribution in [-0.2, 0) is 17.9 Å². The van der Waals surface area contributed by atoms with Crippen molar-refractivity contribution in [3.8, 4) is 17.2 Å². The molecule has 1 aliphatic carbocycles. The van der Waals surface area contributed by atoms with Crippen LogP contribution in [-0.4, -0.2) is 36.1 Å². The highest BCUT2D eigenvalue weighted by atomic mass is 32.1. The van der Waals surface area contributed by atoms with Gasteiger partial charge in [-0.15, -0.1) is 11.3 Å². The lowest BCUT2D eigenvalue weighted by Gasteiger charge is -2.28. The van der Waals surface area contributed by atoms with Crippen molar-refractivity contribution in [2.45, 2.75) is 52.3 Å². The van der Waals surface area contributed by atoms with Crippen LogP contribution < -0.4 is 14.2 Å². The Hall–Kier alpha value is -2.28. The molecule has 1 heterocycles. The molecule has 1 saturated carbocycles. The Bertz CT molecular complexity index is 781. The van der Waals surface area contributed by atoms with E-state index in [9.17, 15) is 4.79 Å². The maximum atomic E-state index is 12.6. The number of thiazole rings is 1. The molecule has 1 aromatic carbocycles. The maximum Gasteiger partial charge on any atom is 0.226 e. The largest absolute Gasteiger partial charge is 0.493 e. The molecule has 0 spiro atoms. The number of para-hydroxylation sites is 1. The molecule has 0 radical (unpaired) electrons. The van der Waals surface area contributed by atoms with Crippen molar-refractivity contribution >= 4 is 17.2 Å². The zero-order valence-corrected chi connectivity index (χ0v) is 17.8. The van der Waals surface area contributed by atoms with Crippen LogP contribution in [0.25, 0.3) is 0 Å². The molecule has 1 fully saturated rings. The molecule has 0 saturated heterocycles. The first-order valence-electron chi connectivity index (χ1n) is 9.64. The molecule has 3 rings (SSSR count). The normalized spacial score (nSPS) is 14.4. The smallest absolute Gasteiger partial charge is 0.226 e. The van der Waals surface area contributed by atoms with E-state index >= 15 is 0 Å². The summed E-state index contributed by atoms with van der Waals surface area (Å²) >= 11 is 1.54. The molecule has 0 unspecified atom stereocenters. The van der Waals surface area contributed by atoms with Gasteiger partial charge in [-0.05, 0) is 38.3 Å². The predicted octanol–water partition coefficient (Wildman–Crippen LogP) is 4.28. The van der Waals surface area contributed by atoms with Gasteiger partial charge >= 0.3 is 0 Å². The third-order valence-electron chi connectivity index (χ3n) is 4.99. The molecular formula is C21H28N2O4S. The zero-order chi connectivity index (χ0) is 20.1. The lowest BCUT2D eigenvalue weighted by atomic mass is 10.2. The number of carbonyl (C=O) groups excluding carboxylic acids is 1. The molecule has 6 nitrogen and oxygen atoms in total. The zero-order valence-electron chi connectivity index (χ0n) is 16.9. The van der Waals surface area contributed by atoms with E-state index in [1.54, 1.807) is 14.2 Å². The lowest BCUT2D eigenvalue weighted by Crippen LogP contribution is -2.38. The van der Waals surface area contributed by atoms with Crippen LogP contribution in [0.5, 0.6) is 17.2 Å². The molecule has 152 valence electrons. The molecular weight excluding hydrogens is 376 g/mol. The third kappa shape index (κ3) is 4.76. The summed E-state index contributed by atoms with van der Waals surface area (Å²) in [4.78, 5) is 19.3. The summed E-state index contributed by atoms with van der Waals surface area (Å²) in [7, 11) is 3.20. The van der Waals surface area contributed by atoms with E-state index in [-0.39, 0.29) is 17.9 Å². The number of methoxy groups -OCH3 is 2. The summed E-state index contributed by atoms with van der Waals surface area (Å²) < 4.78 is 16.7. The first-order chi connectivity index (χ1) is 13.6. The molecule has 1 aromatic heterocycles. The van der Waals surface area contributed by atoms with E-state index < -0.39 is 0 Å². The second-order valence-corrected chi connectivity index (χ2v) is 7.95. The number of nitrogens with zero attached hydrogens (tertiary/aromatic N) is 2. The van der Waals surface area contributed by atoms with E-state index in [1.807, 2.05) is 28.5 Å². The van der Waals surface area contributed by atoms with Gasteiger partial charge in [0.15, 0.2) is 11.5 Å². The molecule has 1 atom stereocenters. The summed E-state index contributed by atoms with van der Waals surface area (Å²) in [5, 5.41) is 2.86. The Morgan fingerprint density at radius 2 is 1.96 bits per heavy atom. The van der Waals surface area contributed by atoms with Crippen LogP contribution in [0.15, 0.2) is 23.6 Å². The topological polar surface area (TPSA) is 60.9 Å². The average molecular weight is 405 g/mol. The fraction of sp³-hybridized carbons (Fsp3) is 0.524. The molecule has 1 aliphatic rings. The standard InChI is InChI=1S/C21H28N2O4S/c1-5-14(2)23(21(24)15-9-10-15)11-16-13-28-19(22-16)12-27-20-17(25-3)7-6-8-18(20)26-4/h6-8,13-15H,5,9-12H2,1-4H3/t14-/m0/s1. The molecule has 0 aliphatic heterocycles. The van der Waals surface area contributed by atoms with E-state index in [4.69, 9.17) is 14.2 Å². The van der Waals surface area contributed by atoms with Gasteiger partial charge in [0, 0.05) is 17.3 Å². The summed E-state index contributed by atoms with van der Waals surface area (Å²) in [6, 6.07) is 5.73. The SMILES string of the molecule is CC[C@H](C)N(Cc1csc(COc2c(OC)cccc2OC)n1)C(=O)C1CC1. The maximum absolute atomic E-state index is 12.6. The van der Waals surface area contributed by atoms with Crippen LogP contribution in [0.2, 0.25) is 0 Å². The lowest BCUT2D eigenvalue weighted by molar-refractivity contribution is -0.135. The van der Waals surface area contributed by atoms with Gasteiger partial charge in [0.1, 0.15) is 11.6 Å². The van der Waals surface area contributed by atoms with Gasteiger partial charge in [-0.1, -0.05) is 13.0 Å². The highest BCUT2D eigenvalue weighted by Crippen LogP contribution is 2.37. The van der Waals surface area contributed by atoms with Gasteiger partial charge in [0.2, 0.25) is 11.7 Å². The van der Waals surface area contributed by atoms with E-state index in [0.717, 1.165) is 30.0 Å². The van der Waals surface area contributed by atoms with Crippen LogP contribution in [0.4, 0.5) is 0 Å². The molecule has 0 bridgehead atoms. The highest BCUT2D eigenvalue weighted by Gasteiger charge is 2.35. The number of hydrogen-bond acceptors (Lipinski definition) is 6. The van der Waals surface area contributed by atoms with Gasteiger partial charge in [-0.2, -0.15) is 0 Å². The monoisotopic (exact) mass is 404 g/mol. The molecule has 1 amide bonds. The van der Waals surface area contributed by atoms with E-state index in [1.165, 1.54) is 11.3 Å².